The molecule has 1 aliphatic rings. The van der Waals surface area contributed by atoms with Crippen LogP contribution in [0.5, 0.6) is 0 Å². The van der Waals surface area contributed by atoms with E-state index in [4.69, 9.17) is 4.74 Å². The normalized spacial score (nSPS) is 23.5. The van der Waals surface area contributed by atoms with Crippen molar-refractivity contribution in [1.29, 1.82) is 0 Å². The lowest BCUT2D eigenvalue weighted by atomic mass is 9.86. The number of halogens is 4. The number of fused-ring (bicyclic) bond motifs is 1. The molecule has 0 amide bonds. The summed E-state index contributed by atoms with van der Waals surface area (Å²) in [5.74, 6) is -0.182. The number of methoxy groups -OCH3 is 1. The molecular formula is C22H24F4N2O2S. The van der Waals surface area contributed by atoms with Gasteiger partial charge < -0.3 is 15.2 Å². The molecule has 9 heteroatoms. The Labute approximate surface area is 182 Å². The standard InChI is InChI=1S/C22H24F4N2O2S/c1-3-31-14-20(29,22(24,25)26)13-15-7-5-11-21(30-2,19(15)23)28-18-10-4-9-17-16(18)8-6-12-27-17/h4-12,19,28-29H,3,13-14H2,1-2H3. The number of thioether (sulfide) groups is 1. The van der Waals surface area contributed by atoms with Gasteiger partial charge in [-0.3, -0.25) is 4.98 Å². The minimum Gasteiger partial charge on any atom is -0.379 e. The van der Waals surface area contributed by atoms with Crippen molar-refractivity contribution < 1.29 is 27.4 Å². The number of pyridine rings is 1. The van der Waals surface area contributed by atoms with Crippen LogP contribution in [0.2, 0.25) is 0 Å². The molecule has 0 bridgehead atoms. The highest BCUT2D eigenvalue weighted by Gasteiger charge is 2.55. The molecule has 1 aromatic carbocycles. The van der Waals surface area contributed by atoms with E-state index in [1.165, 1.54) is 25.3 Å². The van der Waals surface area contributed by atoms with Crippen LogP contribution in [0.3, 0.4) is 0 Å². The Morgan fingerprint density at radius 1 is 1.26 bits per heavy atom. The van der Waals surface area contributed by atoms with Crippen molar-refractivity contribution in [2.24, 2.45) is 0 Å². The molecule has 2 aromatic rings. The molecular weight excluding hydrogens is 432 g/mol. The van der Waals surface area contributed by atoms with Crippen LogP contribution in [0.4, 0.5) is 23.2 Å². The number of nitrogens with one attached hydrogen (secondary N) is 1. The summed E-state index contributed by atoms with van der Waals surface area (Å²) in [6, 6.07) is 8.78. The van der Waals surface area contributed by atoms with Crippen LogP contribution in [-0.2, 0) is 4.74 Å². The summed E-state index contributed by atoms with van der Waals surface area (Å²) in [6.45, 7) is 1.70. The van der Waals surface area contributed by atoms with E-state index >= 15 is 4.39 Å². The van der Waals surface area contributed by atoms with Gasteiger partial charge in [-0.1, -0.05) is 25.1 Å². The van der Waals surface area contributed by atoms with Gasteiger partial charge >= 0.3 is 6.18 Å². The summed E-state index contributed by atoms with van der Waals surface area (Å²) in [5, 5.41) is 14.1. The highest BCUT2D eigenvalue weighted by molar-refractivity contribution is 7.99. The molecule has 0 saturated heterocycles. The zero-order valence-electron chi connectivity index (χ0n) is 17.1. The van der Waals surface area contributed by atoms with Crippen molar-refractivity contribution in [1.82, 2.24) is 4.98 Å². The Morgan fingerprint density at radius 3 is 2.71 bits per heavy atom. The average molecular weight is 457 g/mol. The largest absolute Gasteiger partial charge is 0.418 e. The number of benzene rings is 1. The summed E-state index contributed by atoms with van der Waals surface area (Å²) in [5.41, 5.74) is -3.79. The molecule has 31 heavy (non-hydrogen) atoms. The van der Waals surface area contributed by atoms with E-state index in [9.17, 15) is 18.3 Å². The Hall–Kier alpha value is -2.10. The van der Waals surface area contributed by atoms with Crippen molar-refractivity contribution in [2.75, 3.05) is 23.9 Å². The van der Waals surface area contributed by atoms with E-state index in [1.807, 2.05) is 0 Å². The predicted octanol–water partition coefficient (Wildman–Crippen LogP) is 5.26. The molecule has 3 rings (SSSR count). The number of rotatable bonds is 8. The Bertz CT molecular complexity index is 976. The molecule has 0 saturated carbocycles. The predicted molar refractivity (Wildman–Crippen MR) is 116 cm³/mol. The number of ether oxygens (including phenoxy) is 1. The van der Waals surface area contributed by atoms with Crippen LogP contribution in [0, 0.1) is 0 Å². The van der Waals surface area contributed by atoms with Crippen molar-refractivity contribution >= 4 is 28.4 Å². The third kappa shape index (κ3) is 4.73. The second-order valence-electron chi connectivity index (χ2n) is 7.30. The fraction of sp³-hybridized carbons (Fsp3) is 0.409. The minimum atomic E-state index is -4.90. The third-order valence-corrected chi connectivity index (χ3v) is 6.33. The number of alkyl halides is 4. The van der Waals surface area contributed by atoms with Gasteiger partial charge in [0, 0.05) is 36.6 Å². The highest BCUT2D eigenvalue weighted by Crippen LogP contribution is 2.42. The number of nitrogens with zero attached hydrogens (tertiary/aromatic N) is 1. The maximum absolute atomic E-state index is 15.7. The maximum Gasteiger partial charge on any atom is 0.418 e. The van der Waals surface area contributed by atoms with Gasteiger partial charge in [0.25, 0.3) is 0 Å². The van der Waals surface area contributed by atoms with Crippen molar-refractivity contribution in [3.63, 3.8) is 0 Å². The number of aliphatic hydroxyl groups is 1. The first-order chi connectivity index (χ1) is 14.7. The van der Waals surface area contributed by atoms with Gasteiger partial charge in [-0.15, -0.1) is 0 Å². The zero-order valence-corrected chi connectivity index (χ0v) is 17.9. The number of hydrogen-bond donors (Lipinski definition) is 2. The van der Waals surface area contributed by atoms with Crippen LogP contribution in [0.1, 0.15) is 13.3 Å². The first-order valence-electron chi connectivity index (χ1n) is 9.72. The van der Waals surface area contributed by atoms with Crippen LogP contribution >= 0.6 is 11.8 Å². The molecule has 0 aliphatic heterocycles. The molecule has 1 heterocycles. The number of allylic oxidation sites excluding steroid dienone is 2. The van der Waals surface area contributed by atoms with Crippen LogP contribution < -0.4 is 5.32 Å². The summed E-state index contributed by atoms with van der Waals surface area (Å²) in [7, 11) is 1.28. The molecule has 0 fully saturated rings. The van der Waals surface area contributed by atoms with Gasteiger partial charge in [-0.2, -0.15) is 24.9 Å². The summed E-state index contributed by atoms with van der Waals surface area (Å²) < 4.78 is 62.0. The van der Waals surface area contributed by atoms with Gasteiger partial charge in [-0.25, -0.2) is 4.39 Å². The van der Waals surface area contributed by atoms with Crippen molar-refractivity contribution in [2.45, 2.75) is 37.0 Å². The molecule has 1 aromatic heterocycles. The molecule has 0 radical (unpaired) electrons. The monoisotopic (exact) mass is 456 g/mol. The van der Waals surface area contributed by atoms with E-state index in [0.717, 1.165) is 11.8 Å². The molecule has 168 valence electrons. The van der Waals surface area contributed by atoms with Gasteiger partial charge in [0.1, 0.15) is 0 Å². The smallest absolute Gasteiger partial charge is 0.379 e. The number of anilines is 1. The first-order valence-corrected chi connectivity index (χ1v) is 10.9. The van der Waals surface area contributed by atoms with Gasteiger partial charge in [0.2, 0.25) is 0 Å². The quantitative estimate of drug-likeness (QED) is 0.419. The maximum atomic E-state index is 15.7. The summed E-state index contributed by atoms with van der Waals surface area (Å²) in [4.78, 5) is 4.26. The molecule has 3 unspecified atom stereocenters. The lowest BCUT2D eigenvalue weighted by Gasteiger charge is -2.40. The van der Waals surface area contributed by atoms with E-state index in [2.05, 4.69) is 10.3 Å². The fourth-order valence-electron chi connectivity index (χ4n) is 3.50. The van der Waals surface area contributed by atoms with E-state index < -0.39 is 35.8 Å². The SMILES string of the molecule is CCSCC(O)(CC1=CC=CC(Nc2cccc3ncccc23)(OC)C1F)C(F)(F)F. The van der Waals surface area contributed by atoms with E-state index in [1.54, 1.807) is 43.5 Å². The van der Waals surface area contributed by atoms with Gasteiger partial charge in [-0.05, 0) is 41.7 Å². The lowest BCUT2D eigenvalue weighted by molar-refractivity contribution is -0.250. The first kappa shape index (κ1) is 23.6. The Morgan fingerprint density at radius 2 is 2.03 bits per heavy atom. The van der Waals surface area contributed by atoms with E-state index in [-0.39, 0.29) is 5.57 Å². The third-order valence-electron chi connectivity index (χ3n) is 5.24. The highest BCUT2D eigenvalue weighted by atomic mass is 32.2. The second-order valence-corrected chi connectivity index (χ2v) is 8.58. The summed E-state index contributed by atoms with van der Waals surface area (Å²) in [6.07, 6.45) is -2.00. The van der Waals surface area contributed by atoms with Crippen molar-refractivity contribution in [3.8, 4) is 0 Å². The van der Waals surface area contributed by atoms with Gasteiger partial charge in [0.05, 0.1) is 5.52 Å². The Kier molecular flexibility index (Phi) is 6.98. The molecule has 0 spiro atoms. The van der Waals surface area contributed by atoms with E-state index in [0.29, 0.717) is 22.3 Å². The van der Waals surface area contributed by atoms with Crippen LogP contribution in [-0.4, -0.2) is 52.4 Å². The Balaban J connectivity index is 1.92. The molecule has 2 N–H and O–H groups in total. The van der Waals surface area contributed by atoms with Crippen molar-refractivity contribution in [3.05, 3.63) is 60.3 Å². The average Bonchev–Trinajstić information content (AvgIpc) is 2.74. The topological polar surface area (TPSA) is 54.4 Å². The number of hydrogen-bond acceptors (Lipinski definition) is 5. The van der Waals surface area contributed by atoms with Crippen LogP contribution in [0.25, 0.3) is 10.9 Å². The molecule has 3 atom stereocenters. The lowest BCUT2D eigenvalue weighted by Crippen LogP contribution is -2.53. The summed E-state index contributed by atoms with van der Waals surface area (Å²) >= 11 is 0.950. The minimum absolute atomic E-state index is 0.202. The fourth-order valence-corrected chi connectivity index (χ4v) is 4.31. The zero-order chi connectivity index (χ0) is 22.7. The molecule has 1 aliphatic carbocycles. The van der Waals surface area contributed by atoms with Crippen LogP contribution in [0.15, 0.2) is 60.3 Å². The number of aromatic nitrogens is 1. The molecule has 4 nitrogen and oxygen atoms in total. The van der Waals surface area contributed by atoms with Gasteiger partial charge in [0.15, 0.2) is 17.5 Å². The second kappa shape index (κ2) is 9.18.